The third-order valence-electron chi connectivity index (χ3n) is 3.80. The van der Waals surface area contributed by atoms with Crippen LogP contribution < -0.4 is 5.73 Å². The number of nitrogens with two attached hydrogens (primary N) is 1. The van der Waals surface area contributed by atoms with Gasteiger partial charge in [-0.25, -0.2) is 0 Å². The summed E-state index contributed by atoms with van der Waals surface area (Å²) in [5, 5.41) is 0. The molecular formula is C16H31N3O2. The molecule has 0 aromatic rings. The molecule has 0 bridgehead atoms. The zero-order chi connectivity index (χ0) is 15.3. The lowest BCUT2D eigenvalue weighted by Gasteiger charge is -2.21. The molecule has 0 saturated carbocycles. The summed E-state index contributed by atoms with van der Waals surface area (Å²) in [6.45, 7) is 5.21. The smallest absolute Gasteiger partial charge is 0.305 e. The van der Waals surface area contributed by atoms with Crippen molar-refractivity contribution in [2.45, 2.75) is 64.7 Å². The molecule has 1 saturated heterocycles. The fourth-order valence-corrected chi connectivity index (χ4v) is 2.56. The van der Waals surface area contributed by atoms with Crippen LogP contribution in [0.15, 0.2) is 4.99 Å². The highest BCUT2D eigenvalue weighted by Crippen LogP contribution is 2.09. The first-order valence-corrected chi connectivity index (χ1v) is 8.44. The van der Waals surface area contributed by atoms with Gasteiger partial charge in [0.05, 0.1) is 6.61 Å². The summed E-state index contributed by atoms with van der Waals surface area (Å²) in [5.74, 6) is 0.629. The van der Waals surface area contributed by atoms with Crippen molar-refractivity contribution in [3.05, 3.63) is 0 Å². The Balaban J connectivity index is 2.04. The van der Waals surface area contributed by atoms with Gasteiger partial charge in [0.15, 0.2) is 5.96 Å². The van der Waals surface area contributed by atoms with Crippen molar-refractivity contribution in [1.82, 2.24) is 4.90 Å². The van der Waals surface area contributed by atoms with Crippen LogP contribution in [0.5, 0.6) is 0 Å². The summed E-state index contributed by atoms with van der Waals surface area (Å²) in [6.07, 6.45) is 9.70. The molecule has 0 aliphatic carbocycles. The summed E-state index contributed by atoms with van der Waals surface area (Å²) in [6, 6.07) is 0. The number of nitrogens with zero attached hydrogens (tertiary/aromatic N) is 2. The molecule has 0 aromatic carbocycles. The van der Waals surface area contributed by atoms with Gasteiger partial charge in [-0.3, -0.25) is 9.79 Å². The maximum absolute atomic E-state index is 11.2. The summed E-state index contributed by atoms with van der Waals surface area (Å²) < 4.78 is 4.90. The number of unbranched alkanes of at least 4 members (excludes halogenated alkanes) is 3. The summed E-state index contributed by atoms with van der Waals surface area (Å²) >= 11 is 0. The maximum Gasteiger partial charge on any atom is 0.305 e. The zero-order valence-electron chi connectivity index (χ0n) is 13.5. The van der Waals surface area contributed by atoms with E-state index < -0.39 is 0 Å². The van der Waals surface area contributed by atoms with Gasteiger partial charge in [-0.2, -0.15) is 0 Å². The molecule has 0 aromatic heterocycles. The molecule has 5 heteroatoms. The Kier molecular flexibility index (Phi) is 9.66. The third-order valence-corrected chi connectivity index (χ3v) is 3.80. The highest BCUT2D eigenvalue weighted by Gasteiger charge is 2.10. The van der Waals surface area contributed by atoms with Gasteiger partial charge >= 0.3 is 5.97 Å². The highest BCUT2D eigenvalue weighted by molar-refractivity contribution is 5.78. The predicted octanol–water partition coefficient (Wildman–Crippen LogP) is 2.69. The van der Waals surface area contributed by atoms with Crippen molar-refractivity contribution in [1.29, 1.82) is 0 Å². The lowest BCUT2D eigenvalue weighted by Crippen LogP contribution is -2.38. The second-order valence-electron chi connectivity index (χ2n) is 5.61. The van der Waals surface area contributed by atoms with E-state index in [4.69, 9.17) is 10.5 Å². The zero-order valence-corrected chi connectivity index (χ0v) is 13.5. The average molecular weight is 297 g/mol. The van der Waals surface area contributed by atoms with Crippen LogP contribution in [0.2, 0.25) is 0 Å². The number of guanidine groups is 1. The molecule has 21 heavy (non-hydrogen) atoms. The Hall–Kier alpha value is -1.26. The fraction of sp³-hybridized carbons (Fsp3) is 0.875. The molecule has 1 rings (SSSR count). The van der Waals surface area contributed by atoms with Gasteiger partial charge in [0.2, 0.25) is 0 Å². The summed E-state index contributed by atoms with van der Waals surface area (Å²) in [5.41, 5.74) is 6.05. The maximum atomic E-state index is 11.2. The van der Waals surface area contributed by atoms with Gasteiger partial charge in [0.25, 0.3) is 0 Å². The minimum atomic E-state index is -0.0825. The van der Waals surface area contributed by atoms with Crippen LogP contribution in [0.3, 0.4) is 0 Å². The van der Waals surface area contributed by atoms with E-state index in [-0.39, 0.29) is 5.97 Å². The molecule has 0 amide bonds. The lowest BCUT2D eigenvalue weighted by molar-refractivity contribution is -0.143. The number of hydrogen-bond donors (Lipinski definition) is 1. The molecule has 1 aliphatic rings. The van der Waals surface area contributed by atoms with E-state index in [9.17, 15) is 4.79 Å². The van der Waals surface area contributed by atoms with Crippen LogP contribution in [0, 0.1) is 0 Å². The predicted molar refractivity (Wildman–Crippen MR) is 86.2 cm³/mol. The molecule has 122 valence electrons. The standard InChI is InChI=1S/C16H31N3O2/c1-2-21-15(20)11-7-3-4-8-12-18-16(17)19-13-9-5-6-10-14-19/h2-14H2,1H3,(H2,17,18). The molecule has 1 heterocycles. The van der Waals surface area contributed by atoms with Gasteiger partial charge in [0, 0.05) is 26.1 Å². The third kappa shape index (κ3) is 8.58. The van der Waals surface area contributed by atoms with Crippen LogP contribution in [-0.2, 0) is 9.53 Å². The van der Waals surface area contributed by atoms with Crippen molar-refractivity contribution in [2.75, 3.05) is 26.2 Å². The van der Waals surface area contributed by atoms with Crippen molar-refractivity contribution in [2.24, 2.45) is 10.7 Å². The van der Waals surface area contributed by atoms with Crippen LogP contribution >= 0.6 is 0 Å². The molecular weight excluding hydrogens is 266 g/mol. The van der Waals surface area contributed by atoms with E-state index >= 15 is 0 Å². The first kappa shape index (κ1) is 17.8. The normalized spacial score (nSPS) is 16.6. The average Bonchev–Trinajstić information content (AvgIpc) is 2.75. The molecule has 0 unspecified atom stereocenters. The Labute approximate surface area is 128 Å². The molecule has 5 nitrogen and oxygen atoms in total. The molecule has 1 fully saturated rings. The molecule has 2 N–H and O–H groups in total. The minimum Gasteiger partial charge on any atom is -0.466 e. The number of carbonyl (C=O) groups excluding carboxylic acids is 1. The topological polar surface area (TPSA) is 67.9 Å². The number of hydrogen-bond acceptors (Lipinski definition) is 3. The monoisotopic (exact) mass is 297 g/mol. The Bertz CT molecular complexity index is 311. The van der Waals surface area contributed by atoms with E-state index in [0.717, 1.165) is 45.3 Å². The van der Waals surface area contributed by atoms with E-state index in [1.54, 1.807) is 0 Å². The summed E-state index contributed by atoms with van der Waals surface area (Å²) in [7, 11) is 0. The number of aliphatic imine (C=N–C) groups is 1. The number of carbonyl (C=O) groups is 1. The molecule has 0 radical (unpaired) electrons. The van der Waals surface area contributed by atoms with E-state index in [0.29, 0.717) is 19.0 Å². The second-order valence-corrected chi connectivity index (χ2v) is 5.61. The van der Waals surface area contributed by atoms with Crippen molar-refractivity contribution in [3.63, 3.8) is 0 Å². The molecule has 0 atom stereocenters. The van der Waals surface area contributed by atoms with E-state index in [2.05, 4.69) is 9.89 Å². The van der Waals surface area contributed by atoms with Crippen molar-refractivity contribution in [3.8, 4) is 0 Å². The largest absolute Gasteiger partial charge is 0.466 e. The second kappa shape index (κ2) is 11.4. The van der Waals surface area contributed by atoms with Gasteiger partial charge < -0.3 is 15.4 Å². The minimum absolute atomic E-state index is 0.0825. The quantitative estimate of drug-likeness (QED) is 0.324. The van der Waals surface area contributed by atoms with Crippen LogP contribution in [0.1, 0.15) is 64.7 Å². The van der Waals surface area contributed by atoms with Crippen LogP contribution in [0.4, 0.5) is 0 Å². The van der Waals surface area contributed by atoms with Crippen LogP contribution in [0.25, 0.3) is 0 Å². The highest BCUT2D eigenvalue weighted by atomic mass is 16.5. The first-order chi connectivity index (χ1) is 10.2. The summed E-state index contributed by atoms with van der Waals surface area (Å²) in [4.78, 5) is 17.9. The number of rotatable bonds is 8. The molecule has 1 aliphatic heterocycles. The number of likely N-dealkylation sites (tertiary alicyclic amines) is 1. The van der Waals surface area contributed by atoms with Gasteiger partial charge in [-0.1, -0.05) is 25.7 Å². The SMILES string of the molecule is CCOC(=O)CCCCCCN=C(N)N1CCCCCC1. The van der Waals surface area contributed by atoms with Crippen molar-refractivity contribution >= 4 is 11.9 Å². The Morgan fingerprint density at radius 3 is 2.43 bits per heavy atom. The Morgan fingerprint density at radius 2 is 1.76 bits per heavy atom. The Morgan fingerprint density at radius 1 is 1.10 bits per heavy atom. The lowest BCUT2D eigenvalue weighted by atomic mass is 10.1. The van der Waals surface area contributed by atoms with Gasteiger partial charge in [-0.15, -0.1) is 0 Å². The van der Waals surface area contributed by atoms with E-state index in [1.807, 2.05) is 6.92 Å². The van der Waals surface area contributed by atoms with E-state index in [1.165, 1.54) is 25.7 Å². The van der Waals surface area contributed by atoms with Crippen LogP contribution in [-0.4, -0.2) is 43.1 Å². The first-order valence-electron chi connectivity index (χ1n) is 8.44. The fourth-order valence-electron chi connectivity index (χ4n) is 2.56. The van der Waals surface area contributed by atoms with Gasteiger partial charge in [-0.05, 0) is 32.6 Å². The van der Waals surface area contributed by atoms with Gasteiger partial charge in [0.1, 0.15) is 0 Å². The van der Waals surface area contributed by atoms with Crippen molar-refractivity contribution < 1.29 is 9.53 Å². The number of esters is 1. The molecule has 0 spiro atoms. The number of ether oxygens (including phenoxy) is 1.